The maximum atomic E-state index is 6.16. The molecule has 0 saturated heterocycles. The second-order valence-electron chi connectivity index (χ2n) is 6.40. The van der Waals surface area contributed by atoms with Crippen LogP contribution in [0.4, 0.5) is 5.69 Å². The molecule has 124 valence electrons. The van der Waals surface area contributed by atoms with Gasteiger partial charge in [-0.25, -0.2) is 0 Å². The van der Waals surface area contributed by atoms with E-state index in [4.69, 9.17) is 10.5 Å². The minimum Gasteiger partial charge on any atom is -0.489 e. The number of aryl methyl sites for hydroxylation is 2. The van der Waals surface area contributed by atoms with Gasteiger partial charge in [0, 0.05) is 18.8 Å². The highest BCUT2D eigenvalue weighted by Gasteiger charge is 2.11. The molecule has 0 aliphatic carbocycles. The highest BCUT2D eigenvalue weighted by Crippen LogP contribution is 2.23. The van der Waals surface area contributed by atoms with Gasteiger partial charge in [0.1, 0.15) is 11.9 Å². The van der Waals surface area contributed by atoms with E-state index in [0.717, 1.165) is 30.9 Å². The molecule has 0 saturated carbocycles. The lowest BCUT2D eigenvalue weighted by Crippen LogP contribution is -2.32. The lowest BCUT2D eigenvalue weighted by molar-refractivity contribution is 0.161. The average Bonchev–Trinajstić information content (AvgIpc) is 2.50. The van der Waals surface area contributed by atoms with Crippen LogP contribution in [0.1, 0.15) is 23.6 Å². The summed E-state index contributed by atoms with van der Waals surface area (Å²) in [5, 5.41) is 0. The maximum Gasteiger partial charge on any atom is 0.125 e. The van der Waals surface area contributed by atoms with Gasteiger partial charge in [-0.15, -0.1) is 0 Å². The Labute approximate surface area is 140 Å². The van der Waals surface area contributed by atoms with Crippen molar-refractivity contribution < 1.29 is 4.74 Å². The van der Waals surface area contributed by atoms with Crippen LogP contribution in [0.2, 0.25) is 0 Å². The van der Waals surface area contributed by atoms with E-state index in [0.29, 0.717) is 0 Å². The Morgan fingerprint density at radius 2 is 1.65 bits per heavy atom. The van der Waals surface area contributed by atoms with Crippen LogP contribution in [0.25, 0.3) is 0 Å². The van der Waals surface area contributed by atoms with Crippen molar-refractivity contribution in [1.29, 1.82) is 0 Å². The summed E-state index contributed by atoms with van der Waals surface area (Å²) in [5.41, 5.74) is 10.2. The van der Waals surface area contributed by atoms with Crippen molar-refractivity contribution in [2.45, 2.75) is 33.3 Å². The van der Waals surface area contributed by atoms with Crippen molar-refractivity contribution in [2.24, 2.45) is 0 Å². The van der Waals surface area contributed by atoms with Crippen molar-refractivity contribution in [3.8, 4) is 5.75 Å². The first-order valence-electron chi connectivity index (χ1n) is 8.21. The van der Waals surface area contributed by atoms with Gasteiger partial charge in [-0.2, -0.15) is 0 Å². The van der Waals surface area contributed by atoms with E-state index in [1.54, 1.807) is 0 Å². The average molecular weight is 312 g/mol. The molecule has 2 aromatic carbocycles. The number of rotatable bonds is 7. The summed E-state index contributed by atoms with van der Waals surface area (Å²) in [5.74, 6) is 1.02. The van der Waals surface area contributed by atoms with E-state index >= 15 is 0 Å². The predicted molar refractivity (Wildman–Crippen MR) is 98.1 cm³/mol. The zero-order chi connectivity index (χ0) is 16.8. The molecular formula is C20H28N2O. The molecule has 1 unspecified atom stereocenters. The molecule has 2 aromatic rings. The van der Waals surface area contributed by atoms with Crippen molar-refractivity contribution >= 4 is 5.69 Å². The maximum absolute atomic E-state index is 6.16. The Morgan fingerprint density at radius 1 is 1.04 bits per heavy atom. The summed E-state index contributed by atoms with van der Waals surface area (Å²) in [4.78, 5) is 2.31. The molecule has 0 fully saturated rings. The first kappa shape index (κ1) is 17.4. The molecule has 3 nitrogen and oxygen atoms in total. The molecule has 1 atom stereocenters. The van der Waals surface area contributed by atoms with E-state index in [1.165, 1.54) is 16.7 Å². The van der Waals surface area contributed by atoms with Gasteiger partial charge in [0.25, 0.3) is 0 Å². The van der Waals surface area contributed by atoms with Crippen LogP contribution in [-0.2, 0) is 6.42 Å². The molecule has 0 amide bonds. The van der Waals surface area contributed by atoms with Crippen LogP contribution in [0, 0.1) is 13.8 Å². The fourth-order valence-electron chi connectivity index (χ4n) is 2.76. The second-order valence-corrected chi connectivity index (χ2v) is 6.40. The van der Waals surface area contributed by atoms with Gasteiger partial charge in [-0.05, 0) is 63.1 Å². The zero-order valence-corrected chi connectivity index (χ0v) is 14.7. The molecule has 2 N–H and O–H groups in total. The summed E-state index contributed by atoms with van der Waals surface area (Å²) >= 11 is 0. The number of benzene rings is 2. The smallest absolute Gasteiger partial charge is 0.125 e. The topological polar surface area (TPSA) is 38.5 Å². The van der Waals surface area contributed by atoms with Crippen LogP contribution in [0.15, 0.2) is 42.5 Å². The number of nitrogens with zero attached hydrogens (tertiary/aromatic N) is 1. The van der Waals surface area contributed by atoms with Gasteiger partial charge >= 0.3 is 0 Å². The molecule has 0 aliphatic rings. The van der Waals surface area contributed by atoms with Gasteiger partial charge in [-0.3, -0.25) is 0 Å². The molecule has 0 heterocycles. The van der Waals surface area contributed by atoms with E-state index in [1.807, 2.05) is 12.1 Å². The lowest BCUT2D eigenvalue weighted by Gasteiger charge is -2.24. The van der Waals surface area contributed by atoms with E-state index in [-0.39, 0.29) is 6.10 Å². The Bertz CT molecular complexity index is 602. The number of nitrogens with two attached hydrogens (primary N) is 1. The van der Waals surface area contributed by atoms with Crippen LogP contribution in [-0.4, -0.2) is 31.1 Å². The third kappa shape index (κ3) is 5.29. The Balaban J connectivity index is 1.82. The van der Waals surface area contributed by atoms with Crippen molar-refractivity contribution in [2.75, 3.05) is 25.9 Å². The summed E-state index contributed by atoms with van der Waals surface area (Å²) in [6, 6.07) is 14.4. The van der Waals surface area contributed by atoms with Crippen molar-refractivity contribution in [3.63, 3.8) is 0 Å². The molecule has 0 spiro atoms. The summed E-state index contributed by atoms with van der Waals surface area (Å²) in [7, 11) is 2.14. The van der Waals surface area contributed by atoms with E-state index < -0.39 is 0 Å². The van der Waals surface area contributed by atoms with E-state index in [2.05, 4.69) is 63.1 Å². The standard InChI is InChI=1S/C20H28N2O/c1-15-6-5-7-16(2)20(15)23-17(3)14-22(4)13-12-18-8-10-19(21)11-9-18/h5-11,17H,12-14,21H2,1-4H3. The number of likely N-dealkylation sites (N-methyl/N-ethyl adjacent to an activating group) is 1. The fraction of sp³-hybridized carbons (Fsp3) is 0.400. The molecule has 3 heteroatoms. The summed E-state index contributed by atoms with van der Waals surface area (Å²) in [6.07, 6.45) is 1.18. The summed E-state index contributed by atoms with van der Waals surface area (Å²) in [6.45, 7) is 8.23. The van der Waals surface area contributed by atoms with Crippen LogP contribution < -0.4 is 10.5 Å². The molecule has 0 radical (unpaired) electrons. The fourth-order valence-corrected chi connectivity index (χ4v) is 2.76. The number of para-hydroxylation sites is 1. The first-order chi connectivity index (χ1) is 11.0. The lowest BCUT2D eigenvalue weighted by atomic mass is 10.1. The van der Waals surface area contributed by atoms with Gasteiger partial charge in [-0.1, -0.05) is 30.3 Å². The number of ether oxygens (including phenoxy) is 1. The number of anilines is 1. The highest BCUT2D eigenvalue weighted by atomic mass is 16.5. The molecule has 0 bridgehead atoms. The third-order valence-corrected chi connectivity index (χ3v) is 4.06. The minimum absolute atomic E-state index is 0.159. The van der Waals surface area contributed by atoms with Gasteiger partial charge in [0.05, 0.1) is 0 Å². The molecule has 2 rings (SSSR count). The van der Waals surface area contributed by atoms with Crippen LogP contribution >= 0.6 is 0 Å². The first-order valence-corrected chi connectivity index (χ1v) is 8.21. The van der Waals surface area contributed by atoms with Gasteiger partial charge in [0.15, 0.2) is 0 Å². The second kappa shape index (κ2) is 8.02. The van der Waals surface area contributed by atoms with Gasteiger partial charge < -0.3 is 15.4 Å². The Morgan fingerprint density at radius 3 is 2.26 bits per heavy atom. The highest BCUT2D eigenvalue weighted by molar-refractivity contribution is 5.40. The number of hydrogen-bond acceptors (Lipinski definition) is 3. The van der Waals surface area contributed by atoms with Crippen molar-refractivity contribution in [1.82, 2.24) is 4.90 Å². The van der Waals surface area contributed by atoms with Gasteiger partial charge in [0.2, 0.25) is 0 Å². The minimum atomic E-state index is 0.159. The predicted octanol–water partition coefficient (Wildman–Crippen LogP) is 3.83. The van der Waals surface area contributed by atoms with Crippen LogP contribution in [0.5, 0.6) is 5.75 Å². The van der Waals surface area contributed by atoms with Crippen LogP contribution in [0.3, 0.4) is 0 Å². The number of nitrogen functional groups attached to an aromatic ring is 1. The zero-order valence-electron chi connectivity index (χ0n) is 14.7. The SMILES string of the molecule is Cc1cccc(C)c1OC(C)CN(C)CCc1ccc(N)cc1. The monoisotopic (exact) mass is 312 g/mol. The van der Waals surface area contributed by atoms with Crippen molar-refractivity contribution in [3.05, 3.63) is 59.2 Å². The Kier molecular flexibility index (Phi) is 6.05. The number of hydrogen-bond donors (Lipinski definition) is 1. The van der Waals surface area contributed by atoms with E-state index in [9.17, 15) is 0 Å². The molecule has 0 aromatic heterocycles. The third-order valence-electron chi connectivity index (χ3n) is 4.06. The normalized spacial score (nSPS) is 12.4. The molecule has 23 heavy (non-hydrogen) atoms. The molecular weight excluding hydrogens is 284 g/mol. The summed E-state index contributed by atoms with van der Waals surface area (Å²) < 4.78 is 6.16. The molecule has 0 aliphatic heterocycles. The quantitative estimate of drug-likeness (QED) is 0.790. The Hall–Kier alpha value is -2.00. The largest absolute Gasteiger partial charge is 0.489 e.